The number of oxazole rings is 1. The lowest BCUT2D eigenvalue weighted by Gasteiger charge is -2.13. The minimum Gasteiger partial charge on any atom is -0.497 e. The van der Waals surface area contributed by atoms with Gasteiger partial charge in [0.25, 0.3) is 5.91 Å². The fourth-order valence-electron chi connectivity index (χ4n) is 3.16. The van der Waals surface area contributed by atoms with Gasteiger partial charge in [-0.05, 0) is 61.5 Å². The van der Waals surface area contributed by atoms with E-state index in [0.29, 0.717) is 32.8 Å². The third-order valence-electron chi connectivity index (χ3n) is 4.87. The number of hydrogen-bond acceptors (Lipinski definition) is 8. The number of thiazole rings is 1. The van der Waals surface area contributed by atoms with Crippen LogP contribution in [0.1, 0.15) is 6.92 Å². The number of nitrogens with zero attached hydrogens (tertiary/aromatic N) is 2. The van der Waals surface area contributed by atoms with Crippen LogP contribution in [-0.4, -0.2) is 29.1 Å². The average molecular weight is 496 g/mol. The second kappa shape index (κ2) is 9.20. The molecule has 1 amide bonds. The standard InChI is InChI=1S/C24H18ClN3O5S/c1-13(22(29)28-23-26-19-10-8-17(30-2)12-21(19)34-23)31-15-4-6-16(7-5-15)32-24-27-18-9-3-14(25)11-20(18)33-24/h3-13H,1-2H3,(H,26,28,29)/t13-/m1/s1. The Morgan fingerprint density at radius 3 is 2.53 bits per heavy atom. The van der Waals surface area contributed by atoms with Crippen molar-refractivity contribution < 1.29 is 23.4 Å². The lowest BCUT2D eigenvalue weighted by molar-refractivity contribution is -0.122. The molecule has 0 bridgehead atoms. The van der Waals surface area contributed by atoms with Gasteiger partial charge < -0.3 is 18.6 Å². The summed E-state index contributed by atoms with van der Waals surface area (Å²) in [6.07, 6.45) is -0.637. The van der Waals surface area contributed by atoms with E-state index in [1.165, 1.54) is 11.3 Å². The highest BCUT2D eigenvalue weighted by molar-refractivity contribution is 7.22. The molecule has 34 heavy (non-hydrogen) atoms. The van der Waals surface area contributed by atoms with Crippen molar-refractivity contribution in [3.63, 3.8) is 0 Å². The third-order valence-corrected chi connectivity index (χ3v) is 6.04. The fraction of sp³-hybridized carbons (Fsp3) is 0.125. The quantitative estimate of drug-likeness (QED) is 0.283. The molecular weight excluding hydrogens is 478 g/mol. The van der Waals surface area contributed by atoms with E-state index >= 15 is 0 Å². The zero-order chi connectivity index (χ0) is 23.7. The molecule has 5 aromatic rings. The number of nitrogens with one attached hydrogen (secondary N) is 1. The molecule has 1 atom stereocenters. The second-order valence-corrected chi connectivity index (χ2v) is 8.73. The predicted molar refractivity (Wildman–Crippen MR) is 130 cm³/mol. The topological polar surface area (TPSA) is 95.7 Å². The normalized spacial score (nSPS) is 12.0. The molecule has 172 valence electrons. The van der Waals surface area contributed by atoms with Gasteiger partial charge in [-0.25, -0.2) is 4.98 Å². The molecule has 0 spiro atoms. The van der Waals surface area contributed by atoms with Crippen molar-refractivity contribution in [1.29, 1.82) is 0 Å². The lowest BCUT2D eigenvalue weighted by Crippen LogP contribution is -2.30. The van der Waals surface area contributed by atoms with Crippen molar-refractivity contribution in [1.82, 2.24) is 9.97 Å². The summed E-state index contributed by atoms with van der Waals surface area (Å²) < 4.78 is 23.1. The number of amides is 1. The van der Waals surface area contributed by atoms with Crippen molar-refractivity contribution in [2.24, 2.45) is 0 Å². The fourth-order valence-corrected chi connectivity index (χ4v) is 4.22. The maximum absolute atomic E-state index is 12.6. The number of ether oxygens (including phenoxy) is 3. The van der Waals surface area contributed by atoms with Crippen LogP contribution in [0.15, 0.2) is 65.1 Å². The minimum absolute atomic E-state index is 0.104. The summed E-state index contributed by atoms with van der Waals surface area (Å²) in [6.45, 7) is 1.67. The first-order chi connectivity index (χ1) is 16.5. The number of fused-ring (bicyclic) bond motifs is 2. The predicted octanol–water partition coefficient (Wildman–Crippen LogP) is 6.30. The molecule has 10 heteroatoms. The summed E-state index contributed by atoms with van der Waals surface area (Å²) in [6, 6.07) is 17.5. The van der Waals surface area contributed by atoms with Gasteiger partial charge in [0.15, 0.2) is 16.8 Å². The van der Waals surface area contributed by atoms with E-state index in [1.54, 1.807) is 56.5 Å². The van der Waals surface area contributed by atoms with Gasteiger partial charge in [0, 0.05) is 11.1 Å². The van der Waals surface area contributed by atoms with Crippen LogP contribution in [0, 0.1) is 0 Å². The summed E-state index contributed by atoms with van der Waals surface area (Å²) in [5.41, 5.74) is 1.97. The highest BCUT2D eigenvalue weighted by atomic mass is 35.5. The van der Waals surface area contributed by atoms with Crippen LogP contribution in [0.5, 0.6) is 23.3 Å². The van der Waals surface area contributed by atoms with Crippen LogP contribution in [0.25, 0.3) is 21.3 Å². The molecule has 1 N–H and O–H groups in total. The SMILES string of the molecule is COc1ccc2nc(NC(=O)[C@@H](C)Oc3ccc(Oc4nc5ccc(Cl)cc5o4)cc3)sc2c1. The van der Waals surface area contributed by atoms with Crippen LogP contribution >= 0.6 is 22.9 Å². The van der Waals surface area contributed by atoms with E-state index in [2.05, 4.69) is 15.3 Å². The van der Waals surface area contributed by atoms with E-state index in [0.717, 1.165) is 16.0 Å². The van der Waals surface area contributed by atoms with Crippen molar-refractivity contribution in [2.75, 3.05) is 12.4 Å². The Kier molecular flexibility index (Phi) is 5.95. The maximum Gasteiger partial charge on any atom is 0.400 e. The summed E-state index contributed by atoms with van der Waals surface area (Å²) in [5.74, 6) is 1.44. The summed E-state index contributed by atoms with van der Waals surface area (Å²) in [7, 11) is 1.61. The number of methoxy groups -OCH3 is 1. The van der Waals surface area contributed by atoms with Gasteiger partial charge in [-0.3, -0.25) is 10.1 Å². The number of carbonyl (C=O) groups excluding carboxylic acids is 1. The first-order valence-electron chi connectivity index (χ1n) is 10.2. The van der Waals surface area contributed by atoms with Gasteiger partial charge in [-0.1, -0.05) is 22.9 Å². The van der Waals surface area contributed by atoms with Crippen molar-refractivity contribution >= 4 is 55.3 Å². The first-order valence-corrected chi connectivity index (χ1v) is 11.4. The maximum atomic E-state index is 12.6. The molecular formula is C24H18ClN3O5S. The second-order valence-electron chi connectivity index (χ2n) is 7.27. The highest BCUT2D eigenvalue weighted by Gasteiger charge is 2.17. The van der Waals surface area contributed by atoms with E-state index in [4.69, 9.17) is 30.2 Å². The van der Waals surface area contributed by atoms with Crippen LogP contribution in [0.2, 0.25) is 5.02 Å². The molecule has 3 aromatic carbocycles. The minimum atomic E-state index is -0.741. The summed E-state index contributed by atoms with van der Waals surface area (Å²) in [4.78, 5) is 21.3. The average Bonchev–Trinajstić information content (AvgIpc) is 3.41. The van der Waals surface area contributed by atoms with Crippen LogP contribution < -0.4 is 19.5 Å². The Hall–Kier alpha value is -3.82. The van der Waals surface area contributed by atoms with Gasteiger partial charge in [0.2, 0.25) is 0 Å². The molecule has 0 saturated heterocycles. The first kappa shape index (κ1) is 22.0. The molecule has 8 nitrogen and oxygen atoms in total. The van der Waals surface area contributed by atoms with Gasteiger partial charge in [0.1, 0.15) is 22.8 Å². The Morgan fingerprint density at radius 2 is 1.74 bits per heavy atom. The van der Waals surface area contributed by atoms with Gasteiger partial charge in [0.05, 0.1) is 17.3 Å². The number of hydrogen-bond donors (Lipinski definition) is 1. The Bertz CT molecular complexity index is 1480. The summed E-state index contributed by atoms with van der Waals surface area (Å²) in [5, 5.41) is 3.84. The van der Waals surface area contributed by atoms with E-state index in [1.807, 2.05) is 18.2 Å². The number of anilines is 1. The van der Waals surface area contributed by atoms with Gasteiger partial charge in [-0.2, -0.15) is 4.98 Å². The molecule has 0 aliphatic carbocycles. The number of benzene rings is 3. The monoisotopic (exact) mass is 495 g/mol. The molecule has 2 heterocycles. The zero-order valence-corrected chi connectivity index (χ0v) is 19.6. The van der Waals surface area contributed by atoms with Gasteiger partial charge >= 0.3 is 6.08 Å². The van der Waals surface area contributed by atoms with E-state index in [9.17, 15) is 4.79 Å². The molecule has 2 aromatic heterocycles. The Morgan fingerprint density at radius 1 is 1.00 bits per heavy atom. The van der Waals surface area contributed by atoms with E-state index < -0.39 is 6.10 Å². The largest absolute Gasteiger partial charge is 0.497 e. The van der Waals surface area contributed by atoms with Crippen molar-refractivity contribution in [3.8, 4) is 23.3 Å². The zero-order valence-electron chi connectivity index (χ0n) is 18.1. The molecule has 0 radical (unpaired) electrons. The third kappa shape index (κ3) is 4.75. The van der Waals surface area contributed by atoms with Gasteiger partial charge in [-0.15, -0.1) is 0 Å². The summed E-state index contributed by atoms with van der Waals surface area (Å²) >= 11 is 7.33. The Labute approximate surface area is 203 Å². The number of carbonyl (C=O) groups is 1. The number of halogens is 1. The Balaban J connectivity index is 1.20. The van der Waals surface area contributed by atoms with Crippen LogP contribution in [0.4, 0.5) is 5.13 Å². The van der Waals surface area contributed by atoms with Crippen LogP contribution in [-0.2, 0) is 4.79 Å². The number of aromatic nitrogens is 2. The van der Waals surface area contributed by atoms with Crippen molar-refractivity contribution in [3.05, 3.63) is 65.7 Å². The molecule has 5 rings (SSSR count). The highest BCUT2D eigenvalue weighted by Crippen LogP contribution is 2.30. The molecule has 0 aliphatic rings. The lowest BCUT2D eigenvalue weighted by atomic mass is 10.3. The van der Waals surface area contributed by atoms with E-state index in [-0.39, 0.29) is 12.0 Å². The molecule has 0 saturated carbocycles. The number of rotatable bonds is 7. The molecule has 0 unspecified atom stereocenters. The molecule has 0 fully saturated rings. The smallest absolute Gasteiger partial charge is 0.400 e. The van der Waals surface area contributed by atoms with Crippen LogP contribution in [0.3, 0.4) is 0 Å². The van der Waals surface area contributed by atoms with Crippen molar-refractivity contribution in [2.45, 2.75) is 13.0 Å². The molecule has 0 aliphatic heterocycles.